The van der Waals surface area contributed by atoms with Crippen molar-refractivity contribution in [2.45, 2.75) is 6.61 Å². The second-order valence-electron chi connectivity index (χ2n) is 3.92. The Morgan fingerprint density at radius 2 is 2.05 bits per heavy atom. The van der Waals surface area contributed by atoms with Crippen LogP contribution in [0.2, 0.25) is 0 Å². The number of primary amides is 1. The fourth-order valence-corrected chi connectivity index (χ4v) is 1.91. The van der Waals surface area contributed by atoms with Gasteiger partial charge in [0.1, 0.15) is 18.2 Å². The largest absolute Gasteiger partial charge is 0.489 e. The molecule has 0 fully saturated rings. The van der Waals surface area contributed by atoms with Crippen LogP contribution in [-0.2, 0) is 6.61 Å². The lowest BCUT2D eigenvalue weighted by atomic mass is 10.1. The first kappa shape index (κ1) is 13.5. The standard InChI is InChI=1S/C14H11BrFNO2/c15-11-2-1-3-12(7-11)19-8-10-5-4-9(14(17)18)6-13(10)16/h1-7H,8H2,(H2,17,18). The summed E-state index contributed by atoms with van der Waals surface area (Å²) in [6.07, 6.45) is 0. The van der Waals surface area contributed by atoms with Crippen LogP contribution in [0.5, 0.6) is 5.75 Å². The maximum absolute atomic E-state index is 13.7. The van der Waals surface area contributed by atoms with Crippen LogP contribution in [0.25, 0.3) is 0 Å². The van der Waals surface area contributed by atoms with E-state index in [0.29, 0.717) is 11.3 Å². The summed E-state index contributed by atoms with van der Waals surface area (Å²) in [5.74, 6) is -0.530. The Labute approximate surface area is 118 Å². The minimum atomic E-state index is -0.654. The SMILES string of the molecule is NC(=O)c1ccc(COc2cccc(Br)c2)c(F)c1. The van der Waals surface area contributed by atoms with E-state index in [-0.39, 0.29) is 12.2 Å². The third kappa shape index (κ3) is 3.54. The molecule has 2 N–H and O–H groups in total. The number of carbonyl (C=O) groups is 1. The van der Waals surface area contributed by atoms with Gasteiger partial charge in [0.05, 0.1) is 0 Å². The van der Waals surface area contributed by atoms with Gasteiger partial charge in [-0.05, 0) is 30.3 Å². The van der Waals surface area contributed by atoms with E-state index in [1.54, 1.807) is 12.1 Å². The van der Waals surface area contributed by atoms with Crippen LogP contribution in [-0.4, -0.2) is 5.91 Å². The molecule has 0 saturated heterocycles. The van der Waals surface area contributed by atoms with Crippen molar-refractivity contribution in [1.29, 1.82) is 0 Å². The Morgan fingerprint density at radius 3 is 2.68 bits per heavy atom. The minimum absolute atomic E-state index is 0.0847. The second-order valence-corrected chi connectivity index (χ2v) is 4.83. The molecular formula is C14H11BrFNO2. The predicted molar refractivity (Wildman–Crippen MR) is 73.4 cm³/mol. The Bertz CT molecular complexity index is 616. The molecule has 0 aliphatic carbocycles. The summed E-state index contributed by atoms with van der Waals surface area (Å²) < 4.78 is 20.0. The average Bonchev–Trinajstić information content (AvgIpc) is 2.37. The number of hydrogen-bond acceptors (Lipinski definition) is 2. The molecule has 5 heteroatoms. The van der Waals surface area contributed by atoms with Crippen LogP contribution in [0.15, 0.2) is 46.9 Å². The molecule has 0 unspecified atom stereocenters. The van der Waals surface area contributed by atoms with E-state index in [1.165, 1.54) is 12.1 Å². The zero-order valence-electron chi connectivity index (χ0n) is 9.90. The van der Waals surface area contributed by atoms with Gasteiger partial charge in [0.15, 0.2) is 0 Å². The summed E-state index contributed by atoms with van der Waals surface area (Å²) in [4.78, 5) is 10.9. The van der Waals surface area contributed by atoms with Crippen molar-refractivity contribution in [3.8, 4) is 5.75 Å². The Balaban J connectivity index is 2.10. The van der Waals surface area contributed by atoms with E-state index < -0.39 is 11.7 Å². The van der Waals surface area contributed by atoms with Gasteiger partial charge in [-0.3, -0.25) is 4.79 Å². The van der Waals surface area contributed by atoms with Crippen LogP contribution in [0.1, 0.15) is 15.9 Å². The lowest BCUT2D eigenvalue weighted by Gasteiger charge is -2.08. The first-order valence-corrected chi connectivity index (χ1v) is 6.32. The molecule has 0 heterocycles. The number of hydrogen-bond donors (Lipinski definition) is 1. The molecule has 0 atom stereocenters. The number of benzene rings is 2. The van der Waals surface area contributed by atoms with E-state index in [9.17, 15) is 9.18 Å². The summed E-state index contributed by atoms with van der Waals surface area (Å²) in [6.45, 7) is 0.0847. The highest BCUT2D eigenvalue weighted by Crippen LogP contribution is 2.19. The van der Waals surface area contributed by atoms with Gasteiger partial charge in [-0.25, -0.2) is 4.39 Å². The molecule has 0 saturated carbocycles. The molecule has 0 spiro atoms. The molecule has 0 radical (unpaired) electrons. The highest BCUT2D eigenvalue weighted by molar-refractivity contribution is 9.10. The number of nitrogens with two attached hydrogens (primary N) is 1. The Morgan fingerprint density at radius 1 is 1.26 bits per heavy atom. The quantitative estimate of drug-likeness (QED) is 0.938. The van der Waals surface area contributed by atoms with Crippen molar-refractivity contribution in [3.63, 3.8) is 0 Å². The van der Waals surface area contributed by atoms with Crippen LogP contribution in [0.3, 0.4) is 0 Å². The first-order chi connectivity index (χ1) is 9.06. The zero-order valence-corrected chi connectivity index (χ0v) is 11.5. The van der Waals surface area contributed by atoms with E-state index >= 15 is 0 Å². The number of ether oxygens (including phenoxy) is 1. The second kappa shape index (κ2) is 5.84. The van der Waals surface area contributed by atoms with Crippen LogP contribution < -0.4 is 10.5 Å². The monoisotopic (exact) mass is 323 g/mol. The number of amides is 1. The van der Waals surface area contributed by atoms with E-state index in [1.807, 2.05) is 12.1 Å². The van der Waals surface area contributed by atoms with Gasteiger partial charge >= 0.3 is 0 Å². The third-order valence-corrected chi connectivity index (χ3v) is 3.02. The van der Waals surface area contributed by atoms with Crippen molar-refractivity contribution in [1.82, 2.24) is 0 Å². The van der Waals surface area contributed by atoms with E-state index in [4.69, 9.17) is 10.5 Å². The molecule has 0 aromatic heterocycles. The topological polar surface area (TPSA) is 52.3 Å². The van der Waals surface area contributed by atoms with Crippen LogP contribution >= 0.6 is 15.9 Å². The van der Waals surface area contributed by atoms with Crippen molar-refractivity contribution in [2.75, 3.05) is 0 Å². The summed E-state index contributed by atoms with van der Waals surface area (Å²) in [7, 11) is 0. The Hall–Kier alpha value is -1.88. The molecule has 0 bridgehead atoms. The summed E-state index contributed by atoms with van der Waals surface area (Å²) in [5.41, 5.74) is 5.58. The van der Waals surface area contributed by atoms with Crippen molar-refractivity contribution in [3.05, 3.63) is 63.9 Å². The zero-order chi connectivity index (χ0) is 13.8. The van der Waals surface area contributed by atoms with Crippen molar-refractivity contribution >= 4 is 21.8 Å². The fourth-order valence-electron chi connectivity index (χ4n) is 1.54. The van der Waals surface area contributed by atoms with Gasteiger partial charge in [0.2, 0.25) is 5.91 Å². The molecule has 0 aliphatic rings. The third-order valence-electron chi connectivity index (χ3n) is 2.53. The smallest absolute Gasteiger partial charge is 0.248 e. The average molecular weight is 324 g/mol. The highest BCUT2D eigenvalue weighted by atomic mass is 79.9. The normalized spacial score (nSPS) is 10.2. The van der Waals surface area contributed by atoms with Crippen molar-refractivity contribution < 1.29 is 13.9 Å². The van der Waals surface area contributed by atoms with Gasteiger partial charge in [0.25, 0.3) is 0 Å². The van der Waals surface area contributed by atoms with Crippen LogP contribution in [0, 0.1) is 5.82 Å². The highest BCUT2D eigenvalue weighted by Gasteiger charge is 2.07. The maximum atomic E-state index is 13.7. The lowest BCUT2D eigenvalue weighted by molar-refractivity contribution is 0.0999. The first-order valence-electron chi connectivity index (χ1n) is 5.53. The predicted octanol–water partition coefficient (Wildman–Crippen LogP) is 3.27. The molecule has 98 valence electrons. The van der Waals surface area contributed by atoms with E-state index in [0.717, 1.165) is 10.5 Å². The summed E-state index contributed by atoms with van der Waals surface area (Å²) in [6, 6.07) is 11.3. The van der Waals surface area contributed by atoms with Crippen LogP contribution in [0.4, 0.5) is 4.39 Å². The van der Waals surface area contributed by atoms with Gasteiger partial charge in [-0.15, -0.1) is 0 Å². The van der Waals surface area contributed by atoms with Gasteiger partial charge in [-0.2, -0.15) is 0 Å². The Kier molecular flexibility index (Phi) is 4.16. The minimum Gasteiger partial charge on any atom is -0.489 e. The molecule has 2 aromatic carbocycles. The van der Waals surface area contributed by atoms with Crippen molar-refractivity contribution in [2.24, 2.45) is 5.73 Å². The lowest BCUT2D eigenvalue weighted by Crippen LogP contribution is -2.11. The number of rotatable bonds is 4. The maximum Gasteiger partial charge on any atom is 0.248 e. The number of halogens is 2. The molecular weight excluding hydrogens is 313 g/mol. The summed E-state index contributed by atoms with van der Waals surface area (Å²) in [5, 5.41) is 0. The fraction of sp³-hybridized carbons (Fsp3) is 0.0714. The summed E-state index contributed by atoms with van der Waals surface area (Å²) >= 11 is 3.32. The molecule has 19 heavy (non-hydrogen) atoms. The van der Waals surface area contributed by atoms with Gasteiger partial charge in [-0.1, -0.05) is 28.1 Å². The van der Waals surface area contributed by atoms with Gasteiger partial charge < -0.3 is 10.5 Å². The molecule has 2 rings (SSSR count). The molecule has 2 aromatic rings. The van der Waals surface area contributed by atoms with E-state index in [2.05, 4.69) is 15.9 Å². The number of carbonyl (C=O) groups excluding carboxylic acids is 1. The molecule has 3 nitrogen and oxygen atoms in total. The van der Waals surface area contributed by atoms with Gasteiger partial charge in [0, 0.05) is 15.6 Å². The molecule has 1 amide bonds. The molecule has 0 aliphatic heterocycles.